The smallest absolute Gasteiger partial charge is 0.227 e. The Kier molecular flexibility index (Phi) is 4.01. The van der Waals surface area contributed by atoms with Crippen LogP contribution >= 0.6 is 0 Å². The molecule has 6 nitrogen and oxygen atoms in total. The Morgan fingerprint density at radius 3 is 2.19 bits per heavy atom. The molecule has 0 aliphatic heterocycles. The third-order valence-electron chi connectivity index (χ3n) is 4.19. The molecule has 0 bridgehead atoms. The van der Waals surface area contributed by atoms with E-state index in [0.29, 0.717) is 28.7 Å². The van der Waals surface area contributed by atoms with Crippen LogP contribution in [0.4, 0.5) is 0 Å². The molecule has 0 radical (unpaired) electrons. The van der Waals surface area contributed by atoms with Crippen molar-refractivity contribution in [3.05, 3.63) is 54.9 Å². The van der Waals surface area contributed by atoms with Crippen LogP contribution in [-0.4, -0.2) is 30.9 Å². The highest BCUT2D eigenvalue weighted by Gasteiger charge is 2.17. The summed E-state index contributed by atoms with van der Waals surface area (Å²) in [6.45, 7) is 0. The molecule has 0 spiro atoms. The van der Waals surface area contributed by atoms with Crippen LogP contribution in [0.2, 0.25) is 0 Å². The van der Waals surface area contributed by atoms with Gasteiger partial charge in [-0.1, -0.05) is 0 Å². The Bertz CT molecular complexity index is 1030. The van der Waals surface area contributed by atoms with Gasteiger partial charge in [-0.3, -0.25) is 0 Å². The number of aromatic nitrogens is 2. The number of oxazole rings is 1. The van der Waals surface area contributed by atoms with Gasteiger partial charge in [-0.2, -0.15) is 0 Å². The predicted octanol–water partition coefficient (Wildman–Crippen LogP) is 4.31. The summed E-state index contributed by atoms with van der Waals surface area (Å²) in [4.78, 5) is 4.63. The molecule has 132 valence electrons. The first-order valence-corrected chi connectivity index (χ1v) is 8.08. The van der Waals surface area contributed by atoms with Crippen molar-refractivity contribution >= 4 is 11.1 Å². The third-order valence-corrected chi connectivity index (χ3v) is 4.19. The van der Waals surface area contributed by atoms with Gasteiger partial charge in [0.1, 0.15) is 5.52 Å². The van der Waals surface area contributed by atoms with Gasteiger partial charge in [-0.05, 0) is 42.5 Å². The highest BCUT2D eigenvalue weighted by Crippen LogP contribution is 2.41. The fourth-order valence-corrected chi connectivity index (χ4v) is 2.91. The van der Waals surface area contributed by atoms with Crippen molar-refractivity contribution in [2.45, 2.75) is 0 Å². The second-order valence-electron chi connectivity index (χ2n) is 5.68. The number of nitrogens with zero attached hydrogens (tertiary/aromatic N) is 2. The van der Waals surface area contributed by atoms with Crippen LogP contribution in [0.1, 0.15) is 0 Å². The first-order chi connectivity index (χ1) is 12.7. The maximum Gasteiger partial charge on any atom is 0.227 e. The van der Waals surface area contributed by atoms with Crippen molar-refractivity contribution in [1.29, 1.82) is 0 Å². The van der Waals surface area contributed by atoms with Crippen LogP contribution in [0.25, 0.3) is 28.2 Å². The van der Waals surface area contributed by atoms with Crippen LogP contribution in [0.15, 0.2) is 59.3 Å². The standard InChI is InChI=1S/C20H18N2O4/c1-23-17-10-13(11-18(24-2)19(17)25-3)20-21-15-12-14(6-7-16(15)26-20)22-8-4-5-9-22/h4-12H,1-3H3. The van der Waals surface area contributed by atoms with E-state index in [0.717, 1.165) is 16.8 Å². The molecule has 4 rings (SSSR count). The van der Waals surface area contributed by atoms with Gasteiger partial charge in [0, 0.05) is 23.6 Å². The molecule has 0 aliphatic carbocycles. The lowest BCUT2D eigenvalue weighted by molar-refractivity contribution is 0.324. The molecular weight excluding hydrogens is 332 g/mol. The second kappa shape index (κ2) is 6.48. The first-order valence-electron chi connectivity index (χ1n) is 8.08. The number of hydrogen-bond donors (Lipinski definition) is 0. The lowest BCUT2D eigenvalue weighted by Gasteiger charge is -2.12. The lowest BCUT2D eigenvalue weighted by atomic mass is 10.2. The monoisotopic (exact) mass is 350 g/mol. The molecule has 2 aromatic carbocycles. The molecule has 6 heteroatoms. The molecule has 0 saturated heterocycles. The van der Waals surface area contributed by atoms with E-state index in [2.05, 4.69) is 4.98 Å². The van der Waals surface area contributed by atoms with Gasteiger partial charge in [0.15, 0.2) is 17.1 Å². The van der Waals surface area contributed by atoms with E-state index in [9.17, 15) is 0 Å². The van der Waals surface area contributed by atoms with Crippen molar-refractivity contribution < 1.29 is 18.6 Å². The Hall–Kier alpha value is -3.41. The Morgan fingerprint density at radius 2 is 1.58 bits per heavy atom. The van der Waals surface area contributed by atoms with Gasteiger partial charge < -0.3 is 23.2 Å². The van der Waals surface area contributed by atoms with Crippen LogP contribution < -0.4 is 14.2 Å². The second-order valence-corrected chi connectivity index (χ2v) is 5.68. The normalized spacial score (nSPS) is 10.9. The van der Waals surface area contributed by atoms with Crippen LogP contribution in [-0.2, 0) is 0 Å². The fraction of sp³-hybridized carbons (Fsp3) is 0.150. The molecule has 0 saturated carbocycles. The van der Waals surface area contributed by atoms with Crippen molar-refractivity contribution in [1.82, 2.24) is 9.55 Å². The molecule has 26 heavy (non-hydrogen) atoms. The minimum Gasteiger partial charge on any atom is -0.493 e. The number of methoxy groups -OCH3 is 3. The zero-order chi connectivity index (χ0) is 18.1. The number of rotatable bonds is 5. The summed E-state index contributed by atoms with van der Waals surface area (Å²) in [6.07, 6.45) is 3.97. The average Bonchev–Trinajstić information content (AvgIpc) is 3.35. The fourth-order valence-electron chi connectivity index (χ4n) is 2.91. The Labute approximate surface area is 150 Å². The van der Waals surface area contributed by atoms with Crippen LogP contribution in [0, 0.1) is 0 Å². The molecule has 2 aromatic heterocycles. The van der Waals surface area contributed by atoms with Crippen LogP contribution in [0.3, 0.4) is 0 Å². The van der Waals surface area contributed by atoms with Crippen LogP contribution in [0.5, 0.6) is 17.2 Å². The number of benzene rings is 2. The summed E-state index contributed by atoms with van der Waals surface area (Å²) >= 11 is 0. The Balaban J connectivity index is 1.81. The zero-order valence-electron chi connectivity index (χ0n) is 14.7. The SMILES string of the molecule is COc1cc(-c2nc3cc(-n4cccc4)ccc3o2)cc(OC)c1OC. The Morgan fingerprint density at radius 1 is 0.885 bits per heavy atom. The maximum absolute atomic E-state index is 5.93. The van der Waals surface area contributed by atoms with Crippen molar-refractivity contribution in [2.24, 2.45) is 0 Å². The van der Waals surface area contributed by atoms with E-state index >= 15 is 0 Å². The predicted molar refractivity (Wildman–Crippen MR) is 98.4 cm³/mol. The molecule has 0 N–H and O–H groups in total. The molecule has 2 heterocycles. The average molecular weight is 350 g/mol. The minimum absolute atomic E-state index is 0.490. The summed E-state index contributed by atoms with van der Waals surface area (Å²) in [6, 6.07) is 13.5. The first kappa shape index (κ1) is 16.1. The van der Waals surface area contributed by atoms with Gasteiger partial charge in [-0.25, -0.2) is 4.98 Å². The van der Waals surface area contributed by atoms with Gasteiger partial charge >= 0.3 is 0 Å². The number of fused-ring (bicyclic) bond motifs is 1. The molecule has 0 amide bonds. The molecule has 0 unspecified atom stereocenters. The van der Waals surface area contributed by atoms with E-state index in [1.165, 1.54) is 0 Å². The topological polar surface area (TPSA) is 58.7 Å². The summed E-state index contributed by atoms with van der Waals surface area (Å²) < 4.78 is 24.1. The van der Waals surface area contributed by atoms with Crippen molar-refractivity contribution in [3.8, 4) is 34.4 Å². The lowest BCUT2D eigenvalue weighted by Crippen LogP contribution is -1.95. The van der Waals surface area contributed by atoms with Gasteiger partial charge in [0.2, 0.25) is 11.6 Å². The van der Waals surface area contributed by atoms with E-state index < -0.39 is 0 Å². The molecule has 4 aromatic rings. The maximum atomic E-state index is 5.93. The summed E-state index contributed by atoms with van der Waals surface area (Å²) in [5, 5.41) is 0. The summed E-state index contributed by atoms with van der Waals surface area (Å²) in [5.74, 6) is 2.13. The van der Waals surface area contributed by atoms with E-state index in [1.54, 1.807) is 21.3 Å². The van der Waals surface area contributed by atoms with E-state index in [1.807, 2.05) is 59.4 Å². The number of hydrogen-bond acceptors (Lipinski definition) is 5. The van der Waals surface area contributed by atoms with E-state index in [-0.39, 0.29) is 0 Å². The highest BCUT2D eigenvalue weighted by atomic mass is 16.5. The minimum atomic E-state index is 0.490. The molecule has 0 atom stereocenters. The van der Waals surface area contributed by atoms with E-state index in [4.69, 9.17) is 18.6 Å². The number of ether oxygens (including phenoxy) is 3. The third kappa shape index (κ3) is 2.65. The van der Waals surface area contributed by atoms with Gasteiger partial charge in [0.05, 0.1) is 21.3 Å². The largest absolute Gasteiger partial charge is 0.493 e. The molecule has 0 fully saturated rings. The van der Waals surface area contributed by atoms with Gasteiger partial charge in [0.25, 0.3) is 0 Å². The molecular formula is C20H18N2O4. The van der Waals surface area contributed by atoms with Crippen molar-refractivity contribution in [2.75, 3.05) is 21.3 Å². The quantitative estimate of drug-likeness (QED) is 0.537. The summed E-state index contributed by atoms with van der Waals surface area (Å²) in [7, 11) is 4.73. The molecule has 0 aliphatic rings. The zero-order valence-corrected chi connectivity index (χ0v) is 14.7. The van der Waals surface area contributed by atoms with Crippen molar-refractivity contribution in [3.63, 3.8) is 0 Å². The summed E-state index contributed by atoms with van der Waals surface area (Å²) in [5.41, 5.74) is 3.26. The highest BCUT2D eigenvalue weighted by molar-refractivity contribution is 5.79. The van der Waals surface area contributed by atoms with Gasteiger partial charge in [-0.15, -0.1) is 0 Å².